The van der Waals surface area contributed by atoms with E-state index < -0.39 is 8.07 Å². The highest BCUT2D eigenvalue weighted by Crippen LogP contribution is 2.30. The van der Waals surface area contributed by atoms with Crippen molar-refractivity contribution < 1.29 is 14.3 Å². The Labute approximate surface area is 413 Å². The van der Waals surface area contributed by atoms with Crippen LogP contribution in [0.5, 0.6) is 0 Å². The van der Waals surface area contributed by atoms with Gasteiger partial charge < -0.3 is 21.1 Å². The molecule has 0 aliphatic heterocycles. The Bertz CT molecular complexity index is 3110. The maximum atomic E-state index is 11.5. The lowest BCUT2D eigenvalue weighted by Crippen LogP contribution is -2.22. The van der Waals surface area contributed by atoms with Gasteiger partial charge in [0, 0.05) is 50.7 Å². The van der Waals surface area contributed by atoms with E-state index in [1.165, 1.54) is 13.8 Å². The molecule has 5 N–H and O–H groups in total. The normalized spacial score (nSPS) is 11.2. The van der Waals surface area contributed by atoms with Gasteiger partial charge in [-0.05, 0) is 124 Å². The fraction of sp³-hybridized carbons (Fsp3) is 0.186. The molecule has 0 radical (unpaired) electrons. The smallest absolute Gasteiger partial charge is 0.221 e. The third kappa shape index (κ3) is 15.1. The number of carbonyl (C=O) groups excluding carboxylic acids is 2. The van der Waals surface area contributed by atoms with Crippen molar-refractivity contribution in [3.8, 4) is 0 Å². The molecule has 0 atom stereocenters. The summed E-state index contributed by atoms with van der Waals surface area (Å²) in [5, 5.41) is 20.2. The van der Waals surface area contributed by atoms with Gasteiger partial charge in [0.15, 0.2) is 0 Å². The first-order chi connectivity index (χ1) is 33.7. The van der Waals surface area contributed by atoms with E-state index in [2.05, 4.69) is 133 Å². The zero-order valence-corrected chi connectivity index (χ0v) is 42.3. The Morgan fingerprint density at radius 1 is 0.657 bits per heavy atom. The minimum atomic E-state index is -1.17. The van der Waals surface area contributed by atoms with Crippen LogP contribution in [0.4, 0.5) is 11.4 Å². The summed E-state index contributed by atoms with van der Waals surface area (Å²) in [5.74, 6) is -0.193. The van der Waals surface area contributed by atoms with Crippen molar-refractivity contribution >= 4 is 88.5 Å². The summed E-state index contributed by atoms with van der Waals surface area (Å²) in [6.45, 7) is 22.7. The van der Waals surface area contributed by atoms with E-state index in [4.69, 9.17) is 15.6 Å². The Kier molecular flexibility index (Phi) is 18.5. The van der Waals surface area contributed by atoms with Crippen molar-refractivity contribution in [1.82, 2.24) is 20.0 Å². The van der Waals surface area contributed by atoms with E-state index in [0.29, 0.717) is 6.73 Å². The van der Waals surface area contributed by atoms with Crippen LogP contribution < -0.4 is 16.4 Å². The van der Waals surface area contributed by atoms with Gasteiger partial charge in [0.25, 0.3) is 0 Å². The molecule has 0 unspecified atom stereocenters. The third-order valence-electron chi connectivity index (χ3n) is 11.1. The van der Waals surface area contributed by atoms with Gasteiger partial charge in [-0.2, -0.15) is 10.2 Å². The molecule has 8 aromatic rings. The number of nitrogens with one attached hydrogen (secondary N) is 3. The van der Waals surface area contributed by atoms with Crippen molar-refractivity contribution in [2.24, 2.45) is 5.73 Å². The van der Waals surface area contributed by atoms with Crippen molar-refractivity contribution in [1.29, 1.82) is 0 Å². The van der Waals surface area contributed by atoms with Crippen LogP contribution in [0.2, 0.25) is 25.7 Å². The number of H-pyrrole nitrogens is 1. The van der Waals surface area contributed by atoms with Crippen molar-refractivity contribution in [3.05, 3.63) is 204 Å². The number of anilines is 2. The summed E-state index contributed by atoms with van der Waals surface area (Å²) < 4.78 is 8.01. The highest BCUT2D eigenvalue weighted by atomic mass is 28.3. The molecule has 0 saturated carbocycles. The summed E-state index contributed by atoms with van der Waals surface area (Å²) >= 11 is 0. The Hall–Kier alpha value is -7.70. The number of aromatic nitrogens is 4. The maximum absolute atomic E-state index is 11.5. The summed E-state index contributed by atoms with van der Waals surface area (Å²) in [6, 6.07) is 49.4. The number of hydrogen-bond donors (Lipinski definition) is 4. The van der Waals surface area contributed by atoms with E-state index in [-0.39, 0.29) is 11.8 Å². The number of carbonyl (C=O) groups is 2. The predicted molar refractivity (Wildman–Crippen MR) is 298 cm³/mol. The second-order valence-electron chi connectivity index (χ2n) is 18.1. The van der Waals surface area contributed by atoms with Gasteiger partial charge in [-0.1, -0.05) is 149 Å². The molecule has 0 saturated heterocycles. The lowest BCUT2D eigenvalue weighted by Gasteiger charge is -2.15. The number of fused-ring (bicyclic) bond motifs is 2. The van der Waals surface area contributed by atoms with Crippen molar-refractivity contribution in [2.45, 2.75) is 59.6 Å². The van der Waals surface area contributed by atoms with Gasteiger partial charge >= 0.3 is 0 Å². The summed E-state index contributed by atoms with van der Waals surface area (Å²) in [7, 11) is -1.17. The molecule has 0 fully saturated rings. The SMILES string of the molecule is C=C(c1cccc(NC(C)=O)c1)c1ccc2c(/C=C/c3ccccc3)n[nH]c2c1.C=C(c1cccc(NC(C)=O)c1)c1ccc2c(/C=C/c3ccccc3)nn(COCC[Si](C)(C)C)c2c1.CCCN. The minimum Gasteiger partial charge on any atom is -0.360 e. The largest absolute Gasteiger partial charge is 0.360 e. The van der Waals surface area contributed by atoms with Crippen LogP contribution in [-0.2, 0) is 21.1 Å². The van der Waals surface area contributed by atoms with Crippen LogP contribution in [-0.4, -0.2) is 53.0 Å². The molecule has 0 aliphatic rings. The minimum absolute atomic E-state index is 0.0947. The van der Waals surface area contributed by atoms with Crippen molar-refractivity contribution in [2.75, 3.05) is 23.8 Å². The molecule has 6 aromatic carbocycles. The molecule has 0 bridgehead atoms. The lowest BCUT2D eigenvalue weighted by molar-refractivity contribution is -0.115. The molecule has 0 spiro atoms. The predicted octanol–water partition coefficient (Wildman–Crippen LogP) is 13.6. The van der Waals surface area contributed by atoms with Crippen molar-refractivity contribution in [3.63, 3.8) is 0 Å². The second kappa shape index (κ2) is 25.1. The monoisotopic (exact) mass is 947 g/mol. The van der Waals surface area contributed by atoms with Gasteiger partial charge in [0.05, 0.1) is 22.4 Å². The standard InChI is InChI=1S/C31H35N3O2Si.C25H21N3O.C3H9N/c1-23(26-12-9-13-28(20-26)32-24(2)35)27-15-16-29-30(17-14-25-10-7-6-8-11-25)33-34(31(29)21-27)22-36-18-19-37(3,4)5;1-17(20-9-6-10-22(15-20)26-18(2)29)21-12-13-23-24(27-28-25(23)16-21)14-11-19-7-4-3-5-8-19;1-2-3-4/h6-17,20-21H,1,18-19,22H2,2-5H3,(H,32,35);3-16H,1H2,2H3,(H,26,29)(H,27,28);2-4H2,1H3/b17-14+;14-11+;. The molecule has 11 heteroatoms. The van der Waals surface area contributed by atoms with Crippen LogP contribution in [0, 0.1) is 0 Å². The van der Waals surface area contributed by atoms with Crippen LogP contribution >= 0.6 is 0 Å². The van der Waals surface area contributed by atoms with Gasteiger partial charge in [0.2, 0.25) is 11.8 Å². The zero-order valence-electron chi connectivity index (χ0n) is 41.3. The fourth-order valence-electron chi connectivity index (χ4n) is 7.28. The topological polar surface area (TPSA) is 140 Å². The van der Waals surface area contributed by atoms with Gasteiger partial charge in [-0.25, -0.2) is 4.68 Å². The second-order valence-corrected chi connectivity index (χ2v) is 23.7. The fourth-order valence-corrected chi connectivity index (χ4v) is 8.04. The summed E-state index contributed by atoms with van der Waals surface area (Å²) in [4.78, 5) is 22.8. The first-order valence-corrected chi connectivity index (χ1v) is 27.3. The number of ether oxygens (including phenoxy) is 1. The number of rotatable bonds is 16. The number of nitrogens with two attached hydrogens (primary N) is 1. The van der Waals surface area contributed by atoms with E-state index in [0.717, 1.165) is 115 Å². The summed E-state index contributed by atoms with van der Waals surface area (Å²) in [5.41, 5.74) is 18.2. The van der Waals surface area contributed by atoms with Gasteiger partial charge in [-0.3, -0.25) is 14.7 Å². The quantitative estimate of drug-likeness (QED) is 0.0562. The van der Waals surface area contributed by atoms with Gasteiger partial charge in [-0.15, -0.1) is 0 Å². The Morgan fingerprint density at radius 3 is 1.67 bits per heavy atom. The van der Waals surface area contributed by atoms with Crippen LogP contribution in [0.1, 0.15) is 72.0 Å². The molecule has 2 heterocycles. The van der Waals surface area contributed by atoms with E-state index >= 15 is 0 Å². The molecular formula is C59H65N7O3Si. The van der Waals surface area contributed by atoms with Gasteiger partial charge in [0.1, 0.15) is 6.73 Å². The van der Waals surface area contributed by atoms with E-state index in [1.54, 1.807) is 0 Å². The molecule has 2 aromatic heterocycles. The van der Waals surface area contributed by atoms with E-state index in [9.17, 15) is 9.59 Å². The zero-order chi connectivity index (χ0) is 50.0. The Morgan fingerprint density at radius 2 is 1.16 bits per heavy atom. The molecule has 10 nitrogen and oxygen atoms in total. The molecular weight excluding hydrogens is 883 g/mol. The first kappa shape index (κ1) is 51.7. The maximum Gasteiger partial charge on any atom is 0.221 e. The number of hydrogen-bond acceptors (Lipinski definition) is 6. The third-order valence-corrected chi connectivity index (χ3v) is 12.8. The molecule has 8 rings (SSSR count). The average molecular weight is 948 g/mol. The molecule has 358 valence electrons. The Balaban J connectivity index is 0.000000218. The number of nitrogens with zero attached hydrogens (tertiary/aromatic N) is 3. The summed E-state index contributed by atoms with van der Waals surface area (Å²) in [6.07, 6.45) is 9.30. The number of benzene rings is 6. The average Bonchev–Trinajstić information content (AvgIpc) is 3.93. The van der Waals surface area contributed by atoms with Crippen LogP contribution in [0.3, 0.4) is 0 Å². The number of amides is 2. The van der Waals surface area contributed by atoms with E-state index in [1.807, 2.05) is 102 Å². The molecule has 0 aliphatic carbocycles. The number of aromatic amines is 1. The molecule has 2 amide bonds. The lowest BCUT2D eigenvalue weighted by atomic mass is 9.98. The highest BCUT2D eigenvalue weighted by molar-refractivity contribution is 6.76. The van der Waals surface area contributed by atoms with Crippen LogP contribution in [0.15, 0.2) is 159 Å². The first-order valence-electron chi connectivity index (χ1n) is 23.6. The highest BCUT2D eigenvalue weighted by Gasteiger charge is 2.15. The van der Waals surface area contributed by atoms with Crippen LogP contribution in [0.25, 0.3) is 57.3 Å². The molecule has 70 heavy (non-hydrogen) atoms.